The van der Waals surface area contributed by atoms with Crippen molar-refractivity contribution in [1.82, 2.24) is 14.9 Å². The van der Waals surface area contributed by atoms with Crippen molar-refractivity contribution < 1.29 is 13.9 Å². The second-order valence-electron chi connectivity index (χ2n) is 9.07. The number of rotatable bonds is 11. The van der Waals surface area contributed by atoms with Crippen LogP contribution in [0.4, 0.5) is 0 Å². The molecule has 196 valence electrons. The molecule has 0 fully saturated rings. The second-order valence-corrected chi connectivity index (χ2v) is 9.50. The van der Waals surface area contributed by atoms with E-state index in [1.807, 2.05) is 30.3 Å². The monoisotopic (exact) mass is 553 g/mol. The fraction of sp³-hybridized carbons (Fsp3) is 0.370. The smallest absolute Gasteiger partial charge is 0.174 e. The quantitative estimate of drug-likeness (QED) is 0.216. The summed E-state index contributed by atoms with van der Waals surface area (Å²) in [5.74, 6) is 3.53. The van der Waals surface area contributed by atoms with Crippen LogP contribution in [-0.4, -0.2) is 48.8 Å². The molecule has 0 bridgehead atoms. The Morgan fingerprint density at radius 3 is 2.64 bits per heavy atom. The summed E-state index contributed by atoms with van der Waals surface area (Å²) in [6.45, 7) is 7.35. The van der Waals surface area contributed by atoms with Crippen LogP contribution in [-0.2, 0) is 17.7 Å². The van der Waals surface area contributed by atoms with Gasteiger partial charge in [-0.1, -0.05) is 31.5 Å². The molecule has 6 nitrogen and oxygen atoms in total. The number of halogens is 3. The van der Waals surface area contributed by atoms with E-state index in [0.29, 0.717) is 42.2 Å². The first kappa shape index (κ1) is 30.0. The SMILES string of the molecule is COCCN(C)Cc1ccc2[nH]c(-c3ccc(Cc4cc(Cl)ccc4OCC(C)C)o3)nc2c1.Cl.Cl. The molecule has 0 saturated carbocycles. The van der Waals surface area contributed by atoms with Crippen LogP contribution in [0.5, 0.6) is 5.75 Å². The van der Waals surface area contributed by atoms with Crippen LogP contribution in [0.15, 0.2) is 52.9 Å². The van der Waals surface area contributed by atoms with Gasteiger partial charge in [-0.3, -0.25) is 4.90 Å². The molecule has 0 aliphatic carbocycles. The Labute approximate surface area is 230 Å². The number of aromatic nitrogens is 2. The summed E-state index contributed by atoms with van der Waals surface area (Å²) in [4.78, 5) is 10.4. The molecule has 2 heterocycles. The van der Waals surface area contributed by atoms with E-state index in [9.17, 15) is 0 Å². The largest absolute Gasteiger partial charge is 0.493 e. The molecule has 1 N–H and O–H groups in total. The van der Waals surface area contributed by atoms with Crippen LogP contribution >= 0.6 is 36.4 Å². The standard InChI is InChI=1S/C27H32ClN3O3.2ClH/c1-18(2)17-33-25-9-6-21(28)14-20(25)15-22-7-10-26(34-22)27-29-23-8-5-19(13-24(23)30-27)16-31(3)11-12-32-4;;/h5-10,13-14,18H,11-12,15-17H2,1-4H3,(H,29,30);2*1H. The van der Waals surface area contributed by atoms with E-state index in [-0.39, 0.29) is 24.8 Å². The Bertz CT molecular complexity index is 1240. The second kappa shape index (κ2) is 13.9. The number of nitrogens with one attached hydrogen (secondary N) is 1. The Balaban J connectivity index is 0.00000228. The lowest BCUT2D eigenvalue weighted by Gasteiger charge is -2.15. The Hall–Kier alpha value is -2.22. The lowest BCUT2D eigenvalue weighted by atomic mass is 10.1. The molecule has 4 rings (SSSR count). The molecule has 36 heavy (non-hydrogen) atoms. The molecule has 0 unspecified atom stereocenters. The highest BCUT2D eigenvalue weighted by molar-refractivity contribution is 6.30. The number of imidazole rings is 1. The number of hydrogen-bond donors (Lipinski definition) is 1. The van der Waals surface area contributed by atoms with E-state index < -0.39 is 0 Å². The number of methoxy groups -OCH3 is 1. The van der Waals surface area contributed by atoms with E-state index in [1.165, 1.54) is 5.56 Å². The minimum Gasteiger partial charge on any atom is -0.493 e. The summed E-state index contributed by atoms with van der Waals surface area (Å²) < 4.78 is 17.3. The molecule has 2 aromatic carbocycles. The van der Waals surface area contributed by atoms with Crippen molar-refractivity contribution in [3.8, 4) is 17.3 Å². The van der Waals surface area contributed by atoms with Crippen molar-refractivity contribution in [1.29, 1.82) is 0 Å². The molecule has 9 heteroatoms. The maximum Gasteiger partial charge on any atom is 0.174 e. The summed E-state index contributed by atoms with van der Waals surface area (Å²) in [6, 6.07) is 16.0. The summed E-state index contributed by atoms with van der Waals surface area (Å²) >= 11 is 6.25. The minimum atomic E-state index is 0. The number of benzene rings is 2. The van der Waals surface area contributed by atoms with E-state index in [4.69, 9.17) is 30.5 Å². The zero-order valence-electron chi connectivity index (χ0n) is 21.0. The van der Waals surface area contributed by atoms with Crippen LogP contribution in [0.3, 0.4) is 0 Å². The van der Waals surface area contributed by atoms with Crippen molar-refractivity contribution in [2.24, 2.45) is 5.92 Å². The number of fused-ring (bicyclic) bond motifs is 1. The molecule has 0 saturated heterocycles. The van der Waals surface area contributed by atoms with E-state index in [0.717, 1.165) is 41.2 Å². The van der Waals surface area contributed by atoms with E-state index in [2.05, 4.69) is 49.0 Å². The number of ether oxygens (including phenoxy) is 2. The topological polar surface area (TPSA) is 63.5 Å². The summed E-state index contributed by atoms with van der Waals surface area (Å²) in [5.41, 5.74) is 4.11. The van der Waals surface area contributed by atoms with Gasteiger partial charge in [-0.15, -0.1) is 24.8 Å². The molecule has 2 aromatic heterocycles. The van der Waals surface area contributed by atoms with Gasteiger partial charge in [0, 0.05) is 37.2 Å². The normalized spacial score (nSPS) is 11.1. The number of likely N-dealkylation sites (N-methyl/N-ethyl adjacent to an activating group) is 1. The van der Waals surface area contributed by atoms with Crippen molar-refractivity contribution in [2.75, 3.05) is 33.9 Å². The van der Waals surface area contributed by atoms with Gasteiger partial charge >= 0.3 is 0 Å². The van der Waals surface area contributed by atoms with Crippen LogP contribution < -0.4 is 4.74 Å². The predicted molar refractivity (Wildman–Crippen MR) is 151 cm³/mol. The number of furan rings is 1. The third-order valence-electron chi connectivity index (χ3n) is 5.53. The van der Waals surface area contributed by atoms with E-state index >= 15 is 0 Å². The molecule has 0 radical (unpaired) electrons. The third-order valence-corrected chi connectivity index (χ3v) is 5.77. The number of aromatic amines is 1. The Morgan fingerprint density at radius 1 is 1.08 bits per heavy atom. The summed E-state index contributed by atoms with van der Waals surface area (Å²) in [5, 5.41) is 0.680. The molecular formula is C27H34Cl3N3O3. The van der Waals surface area contributed by atoms with Gasteiger partial charge in [0.25, 0.3) is 0 Å². The first-order valence-corrected chi connectivity index (χ1v) is 12.0. The van der Waals surface area contributed by atoms with Gasteiger partial charge in [0.05, 0.1) is 24.2 Å². The zero-order valence-corrected chi connectivity index (χ0v) is 23.4. The first-order chi connectivity index (χ1) is 16.4. The molecule has 0 spiro atoms. The predicted octanol–water partition coefficient (Wildman–Crippen LogP) is 7.02. The fourth-order valence-corrected chi connectivity index (χ4v) is 3.97. The lowest BCUT2D eigenvalue weighted by Crippen LogP contribution is -2.22. The Kier molecular flexibility index (Phi) is 11.6. The molecule has 0 aliphatic rings. The van der Waals surface area contributed by atoms with Crippen LogP contribution in [0.1, 0.15) is 30.7 Å². The average Bonchev–Trinajstić information content (AvgIpc) is 3.43. The maximum atomic E-state index is 6.25. The summed E-state index contributed by atoms with van der Waals surface area (Å²) in [7, 11) is 3.81. The van der Waals surface area contributed by atoms with E-state index in [1.54, 1.807) is 7.11 Å². The Morgan fingerprint density at radius 2 is 1.89 bits per heavy atom. The van der Waals surface area contributed by atoms with Crippen LogP contribution in [0.2, 0.25) is 5.02 Å². The number of H-pyrrole nitrogens is 1. The van der Waals surface area contributed by atoms with Crippen molar-refractivity contribution in [3.05, 3.63) is 70.4 Å². The average molecular weight is 555 g/mol. The van der Waals surface area contributed by atoms with Gasteiger partial charge < -0.3 is 18.9 Å². The molecule has 0 amide bonds. The van der Waals surface area contributed by atoms with Gasteiger partial charge in [0.2, 0.25) is 0 Å². The van der Waals surface area contributed by atoms with Crippen LogP contribution in [0, 0.1) is 5.92 Å². The highest BCUT2D eigenvalue weighted by Gasteiger charge is 2.14. The number of hydrogen-bond acceptors (Lipinski definition) is 5. The zero-order chi connectivity index (χ0) is 24.1. The fourth-order valence-electron chi connectivity index (χ4n) is 3.78. The first-order valence-electron chi connectivity index (χ1n) is 11.6. The maximum absolute atomic E-state index is 6.25. The van der Waals surface area contributed by atoms with Crippen molar-refractivity contribution in [2.45, 2.75) is 26.8 Å². The van der Waals surface area contributed by atoms with Gasteiger partial charge in [-0.05, 0) is 61.0 Å². The molecule has 0 atom stereocenters. The highest BCUT2D eigenvalue weighted by atomic mass is 35.5. The van der Waals surface area contributed by atoms with Gasteiger partial charge in [0.1, 0.15) is 11.5 Å². The van der Waals surface area contributed by atoms with Gasteiger partial charge in [-0.2, -0.15) is 0 Å². The van der Waals surface area contributed by atoms with Crippen LogP contribution in [0.25, 0.3) is 22.6 Å². The number of nitrogens with zero attached hydrogens (tertiary/aromatic N) is 2. The van der Waals surface area contributed by atoms with Gasteiger partial charge in [-0.25, -0.2) is 4.98 Å². The summed E-state index contributed by atoms with van der Waals surface area (Å²) in [6.07, 6.45) is 0.589. The lowest BCUT2D eigenvalue weighted by molar-refractivity contribution is 0.158. The van der Waals surface area contributed by atoms with Gasteiger partial charge in [0.15, 0.2) is 11.6 Å². The highest BCUT2D eigenvalue weighted by Crippen LogP contribution is 2.29. The van der Waals surface area contributed by atoms with Crippen molar-refractivity contribution >= 4 is 47.4 Å². The molecular weight excluding hydrogens is 521 g/mol. The molecule has 4 aromatic rings. The minimum absolute atomic E-state index is 0. The van der Waals surface area contributed by atoms with Crippen molar-refractivity contribution in [3.63, 3.8) is 0 Å². The third kappa shape index (κ3) is 7.89. The molecule has 0 aliphatic heterocycles.